The van der Waals surface area contributed by atoms with E-state index in [0.717, 1.165) is 0 Å². The van der Waals surface area contributed by atoms with E-state index in [2.05, 4.69) is 15.4 Å². The predicted molar refractivity (Wildman–Crippen MR) is 111 cm³/mol. The number of hydrogen-bond donors (Lipinski definition) is 3. The molecule has 0 unspecified atom stereocenters. The minimum absolute atomic E-state index is 0.0944. The summed E-state index contributed by atoms with van der Waals surface area (Å²) in [7, 11) is -3.86. The largest absolute Gasteiger partial charge is 0.490 e. The smallest absolute Gasteiger partial charge is 0.262 e. The lowest BCUT2D eigenvalue weighted by Crippen LogP contribution is -2.33. The molecule has 3 N–H and O–H groups in total. The van der Waals surface area contributed by atoms with Crippen LogP contribution >= 0.6 is 0 Å². The number of aryl methyl sites for hydroxylation is 1. The van der Waals surface area contributed by atoms with Crippen LogP contribution in [0.5, 0.6) is 5.75 Å². The van der Waals surface area contributed by atoms with Crippen LogP contribution in [0.25, 0.3) is 0 Å². The monoisotopic (exact) mass is 417 g/mol. The Kier molecular flexibility index (Phi) is 5.27. The second-order valence-corrected chi connectivity index (χ2v) is 9.26. The number of carbonyl (C=O) groups is 2. The second-order valence-electron chi connectivity index (χ2n) is 7.60. The number of carbonyl (C=O) groups excluding carboxylic acids is 2. The van der Waals surface area contributed by atoms with E-state index in [1.54, 1.807) is 39.0 Å². The molecule has 0 radical (unpaired) electrons. The van der Waals surface area contributed by atoms with Crippen LogP contribution in [-0.2, 0) is 19.6 Å². The molecule has 1 aliphatic rings. The summed E-state index contributed by atoms with van der Waals surface area (Å²) in [5.74, 6) is -0.0142. The third-order valence-electron chi connectivity index (χ3n) is 4.47. The van der Waals surface area contributed by atoms with Gasteiger partial charge >= 0.3 is 0 Å². The van der Waals surface area contributed by atoms with Crippen LogP contribution in [0.2, 0.25) is 0 Å². The molecule has 154 valence electrons. The van der Waals surface area contributed by atoms with E-state index in [9.17, 15) is 18.0 Å². The van der Waals surface area contributed by atoms with Gasteiger partial charge in [0, 0.05) is 18.7 Å². The Morgan fingerprint density at radius 2 is 1.83 bits per heavy atom. The molecule has 0 fully saturated rings. The molecule has 0 spiro atoms. The first-order chi connectivity index (χ1) is 13.5. The van der Waals surface area contributed by atoms with Gasteiger partial charge in [-0.25, -0.2) is 8.42 Å². The fourth-order valence-corrected chi connectivity index (χ4v) is 4.14. The Morgan fingerprint density at radius 1 is 1.14 bits per heavy atom. The Labute approximate surface area is 169 Å². The SMILES string of the molecule is CC(=O)Nc1ccc(S(=O)(=O)Nc2ccc3c(c2)OCC(C)(C)C(=O)N3)c(C)c1. The molecule has 29 heavy (non-hydrogen) atoms. The summed E-state index contributed by atoms with van der Waals surface area (Å²) in [6.07, 6.45) is 0. The van der Waals surface area contributed by atoms with Gasteiger partial charge in [-0.3, -0.25) is 14.3 Å². The quantitative estimate of drug-likeness (QED) is 0.707. The van der Waals surface area contributed by atoms with E-state index in [-0.39, 0.29) is 23.3 Å². The van der Waals surface area contributed by atoms with Crippen molar-refractivity contribution in [3.63, 3.8) is 0 Å². The maximum absolute atomic E-state index is 12.8. The van der Waals surface area contributed by atoms with E-state index >= 15 is 0 Å². The number of benzene rings is 2. The zero-order chi connectivity index (χ0) is 21.4. The van der Waals surface area contributed by atoms with Gasteiger partial charge in [-0.2, -0.15) is 0 Å². The lowest BCUT2D eigenvalue weighted by molar-refractivity contribution is -0.125. The average molecular weight is 417 g/mol. The molecule has 0 aliphatic carbocycles. The highest BCUT2D eigenvalue weighted by Crippen LogP contribution is 2.35. The van der Waals surface area contributed by atoms with Crippen molar-refractivity contribution in [2.75, 3.05) is 22.0 Å². The van der Waals surface area contributed by atoms with E-state index in [4.69, 9.17) is 4.74 Å². The number of rotatable bonds is 4. The number of nitrogens with one attached hydrogen (secondary N) is 3. The maximum atomic E-state index is 12.8. The minimum atomic E-state index is -3.86. The van der Waals surface area contributed by atoms with Crippen LogP contribution in [0, 0.1) is 12.3 Å². The molecule has 2 aromatic carbocycles. The third kappa shape index (κ3) is 4.51. The summed E-state index contributed by atoms with van der Waals surface area (Å²) < 4.78 is 33.9. The highest BCUT2D eigenvalue weighted by atomic mass is 32.2. The number of fused-ring (bicyclic) bond motifs is 1. The molecule has 1 aliphatic heterocycles. The standard InChI is InChI=1S/C20H23N3O5S/c1-12-9-14(21-13(2)24)6-8-18(12)29(26,27)23-15-5-7-16-17(10-15)28-11-20(3,4)19(25)22-16/h5-10,23H,11H2,1-4H3,(H,21,24)(H,22,25). The average Bonchev–Trinajstić information content (AvgIpc) is 2.70. The van der Waals surface area contributed by atoms with Crippen molar-refractivity contribution in [1.29, 1.82) is 0 Å². The van der Waals surface area contributed by atoms with Crippen molar-refractivity contribution in [2.24, 2.45) is 5.41 Å². The van der Waals surface area contributed by atoms with Crippen LogP contribution in [0.3, 0.4) is 0 Å². The Bertz CT molecular complexity index is 1090. The van der Waals surface area contributed by atoms with Crippen molar-refractivity contribution < 1.29 is 22.7 Å². The fourth-order valence-electron chi connectivity index (χ4n) is 2.87. The molecule has 2 aromatic rings. The lowest BCUT2D eigenvalue weighted by Gasteiger charge is -2.18. The molecule has 3 rings (SSSR count). The topological polar surface area (TPSA) is 114 Å². The Morgan fingerprint density at radius 3 is 2.48 bits per heavy atom. The van der Waals surface area contributed by atoms with Gasteiger partial charge in [0.1, 0.15) is 12.4 Å². The van der Waals surface area contributed by atoms with E-state index in [1.165, 1.54) is 25.1 Å². The van der Waals surface area contributed by atoms with Crippen molar-refractivity contribution in [2.45, 2.75) is 32.6 Å². The van der Waals surface area contributed by atoms with Crippen molar-refractivity contribution >= 4 is 38.9 Å². The molecule has 0 saturated carbocycles. The van der Waals surface area contributed by atoms with Crippen molar-refractivity contribution in [3.8, 4) is 5.75 Å². The number of amides is 2. The summed E-state index contributed by atoms with van der Waals surface area (Å²) in [5.41, 5.74) is 1.10. The Hall–Kier alpha value is -3.07. The molecule has 1 heterocycles. The molecule has 0 bridgehead atoms. The number of anilines is 3. The summed E-state index contributed by atoms with van der Waals surface area (Å²) in [6.45, 7) is 6.74. The minimum Gasteiger partial charge on any atom is -0.490 e. The maximum Gasteiger partial charge on any atom is 0.262 e. The zero-order valence-corrected chi connectivity index (χ0v) is 17.4. The number of hydrogen-bond acceptors (Lipinski definition) is 5. The highest BCUT2D eigenvalue weighted by molar-refractivity contribution is 7.92. The van der Waals surface area contributed by atoms with Crippen LogP contribution in [0.1, 0.15) is 26.3 Å². The van der Waals surface area contributed by atoms with E-state index < -0.39 is 15.4 Å². The molecule has 0 saturated heterocycles. The van der Waals surface area contributed by atoms with Crippen molar-refractivity contribution in [3.05, 3.63) is 42.0 Å². The van der Waals surface area contributed by atoms with Crippen molar-refractivity contribution in [1.82, 2.24) is 0 Å². The molecule has 0 aromatic heterocycles. The normalized spacial score (nSPS) is 15.4. The fraction of sp³-hybridized carbons (Fsp3) is 0.300. The summed E-state index contributed by atoms with van der Waals surface area (Å²) in [6, 6.07) is 9.24. The van der Waals surface area contributed by atoms with Gasteiger partial charge in [0.25, 0.3) is 10.0 Å². The van der Waals surface area contributed by atoms with Crippen LogP contribution in [-0.4, -0.2) is 26.8 Å². The van der Waals surface area contributed by atoms with E-state index in [0.29, 0.717) is 28.4 Å². The van der Waals surface area contributed by atoms with Crippen LogP contribution < -0.4 is 20.1 Å². The van der Waals surface area contributed by atoms with Gasteiger partial charge in [0.05, 0.1) is 21.7 Å². The molecule has 9 heteroatoms. The van der Waals surface area contributed by atoms with Gasteiger partial charge in [0.2, 0.25) is 11.8 Å². The first-order valence-electron chi connectivity index (χ1n) is 8.97. The molecular formula is C20H23N3O5S. The third-order valence-corrected chi connectivity index (χ3v) is 6.01. The van der Waals surface area contributed by atoms with Gasteiger partial charge in [0.15, 0.2) is 0 Å². The highest BCUT2D eigenvalue weighted by Gasteiger charge is 2.32. The summed E-state index contributed by atoms with van der Waals surface area (Å²) in [4.78, 5) is 23.5. The molecular weight excluding hydrogens is 394 g/mol. The lowest BCUT2D eigenvalue weighted by atomic mass is 9.94. The van der Waals surface area contributed by atoms with Crippen LogP contribution in [0.4, 0.5) is 17.1 Å². The van der Waals surface area contributed by atoms with Crippen LogP contribution in [0.15, 0.2) is 41.3 Å². The Balaban J connectivity index is 1.86. The first kappa shape index (κ1) is 20.7. The van der Waals surface area contributed by atoms with Gasteiger partial charge in [-0.15, -0.1) is 0 Å². The number of sulfonamides is 1. The second kappa shape index (κ2) is 7.40. The van der Waals surface area contributed by atoms with Gasteiger partial charge in [-0.05, 0) is 56.7 Å². The molecule has 2 amide bonds. The number of ether oxygens (including phenoxy) is 1. The van der Waals surface area contributed by atoms with Gasteiger partial charge < -0.3 is 15.4 Å². The summed E-state index contributed by atoms with van der Waals surface area (Å²) >= 11 is 0. The molecule has 0 atom stereocenters. The summed E-state index contributed by atoms with van der Waals surface area (Å²) in [5, 5.41) is 5.41. The first-order valence-corrected chi connectivity index (χ1v) is 10.5. The van der Waals surface area contributed by atoms with E-state index in [1.807, 2.05) is 0 Å². The predicted octanol–water partition coefficient (Wildman–Crippen LogP) is 3.11. The zero-order valence-electron chi connectivity index (χ0n) is 16.6. The van der Waals surface area contributed by atoms with Gasteiger partial charge in [-0.1, -0.05) is 0 Å². The molecule has 8 nitrogen and oxygen atoms in total.